The number of rotatable bonds is 13. The highest BCUT2D eigenvalue weighted by Gasteiger charge is 2.38. The zero-order valence-corrected chi connectivity index (χ0v) is 28.9. The Labute approximate surface area is 287 Å². The molecule has 3 aliphatic heterocycles. The molecule has 1 fully saturated rings. The second-order valence-corrected chi connectivity index (χ2v) is 13.4. The van der Waals surface area contributed by atoms with Crippen LogP contribution in [0.5, 0.6) is 5.75 Å². The van der Waals surface area contributed by atoms with Crippen LogP contribution in [0.1, 0.15) is 71.8 Å². The molecule has 9 N–H and O–H groups in total. The molecular weight excluding hydrogens is 634 g/mol. The number of nitrogens with one attached hydrogen (secondary N) is 4. The van der Waals surface area contributed by atoms with E-state index in [-0.39, 0.29) is 37.8 Å². The minimum Gasteiger partial charge on any atom is -0.494 e. The third-order valence-electron chi connectivity index (χ3n) is 9.20. The monoisotopic (exact) mass is 687 g/mol. The lowest BCUT2D eigenvalue weighted by atomic mass is 9.96. The quantitative estimate of drug-likeness (QED) is 0.138. The van der Waals surface area contributed by atoms with Crippen molar-refractivity contribution in [3.8, 4) is 5.75 Å². The third kappa shape index (κ3) is 11.7. The van der Waals surface area contributed by atoms with Crippen LogP contribution in [-0.4, -0.2) is 101 Å². The molecule has 272 valence electrons. The molecule has 3 heterocycles. The summed E-state index contributed by atoms with van der Waals surface area (Å²) in [5, 5.41) is 22.5. The lowest BCUT2D eigenvalue weighted by molar-refractivity contribution is -0.134. The van der Waals surface area contributed by atoms with Crippen molar-refractivity contribution >= 4 is 35.4 Å². The normalized spacial score (nSPS) is 23.1. The highest BCUT2D eigenvalue weighted by atomic mass is 16.5. The number of hydrogen-bond acceptors (Lipinski definition) is 9. The van der Waals surface area contributed by atoms with Crippen molar-refractivity contribution in [2.24, 2.45) is 23.3 Å². The third-order valence-corrected chi connectivity index (χ3v) is 9.20. The summed E-state index contributed by atoms with van der Waals surface area (Å²) in [5.74, 6) is -3.35. The number of likely N-dealkylation sites (tertiary alicyclic amines) is 1. The number of nitrogens with zero attached hydrogens (tertiary/aromatic N) is 1. The number of carbonyl (C=O) groups is 6. The van der Waals surface area contributed by atoms with Crippen molar-refractivity contribution in [2.45, 2.75) is 109 Å². The summed E-state index contributed by atoms with van der Waals surface area (Å²) in [5.41, 5.74) is 11.7. The SMILES string of the molecule is CCC(C)[C@H](NC(=O)[C@@H]1CCCN1C[C@@H](O)[C@@H]1Cc2ccc(cc2)OCCCC(=O)N[C@@H](CC(N)=O)C(=O)N1)C(=O)N[C@H](C(N)=O)C(C)C. The first-order valence-electron chi connectivity index (χ1n) is 17.1. The first-order chi connectivity index (χ1) is 23.2. The van der Waals surface area contributed by atoms with Gasteiger partial charge in [0.1, 0.15) is 23.9 Å². The Hall–Kier alpha value is -4.24. The van der Waals surface area contributed by atoms with Gasteiger partial charge in [-0.15, -0.1) is 0 Å². The summed E-state index contributed by atoms with van der Waals surface area (Å²) in [6.45, 7) is 8.03. The van der Waals surface area contributed by atoms with E-state index in [4.69, 9.17) is 16.2 Å². The van der Waals surface area contributed by atoms with Gasteiger partial charge in [-0.1, -0.05) is 46.2 Å². The van der Waals surface area contributed by atoms with Gasteiger partial charge in [0.25, 0.3) is 0 Å². The molecule has 6 amide bonds. The van der Waals surface area contributed by atoms with Gasteiger partial charge in [-0.2, -0.15) is 0 Å². The minimum atomic E-state index is -1.24. The zero-order valence-electron chi connectivity index (χ0n) is 28.9. The van der Waals surface area contributed by atoms with Crippen molar-refractivity contribution in [1.29, 1.82) is 0 Å². The molecular formula is C34H53N7O8. The van der Waals surface area contributed by atoms with Crippen molar-refractivity contribution in [3.05, 3.63) is 29.8 Å². The molecule has 1 unspecified atom stereocenters. The fraction of sp³-hybridized carbons (Fsp3) is 0.647. The molecule has 2 bridgehead atoms. The number of primary amides is 2. The molecule has 0 aliphatic carbocycles. The molecule has 4 rings (SSSR count). The number of amides is 6. The largest absolute Gasteiger partial charge is 0.494 e. The first-order valence-corrected chi connectivity index (χ1v) is 17.1. The van der Waals surface area contributed by atoms with Crippen LogP contribution in [0.3, 0.4) is 0 Å². The molecule has 0 radical (unpaired) electrons. The number of nitrogens with two attached hydrogens (primary N) is 2. The Balaban J connectivity index is 1.80. The number of benzene rings is 1. The molecule has 7 atom stereocenters. The van der Waals surface area contributed by atoms with Crippen LogP contribution in [-0.2, 0) is 35.2 Å². The van der Waals surface area contributed by atoms with Gasteiger partial charge in [0, 0.05) is 13.0 Å². The summed E-state index contributed by atoms with van der Waals surface area (Å²) in [7, 11) is 0. The standard InChI is InChI=1S/C34H53N7O8/c1-5-20(4)30(34(48)39-29(19(2)3)31(36)45)40-33(47)25-8-6-14-41(25)18-26(42)23-16-21-10-12-22(13-11-21)49-15-7-9-28(44)37-24(17-27(35)43)32(46)38-23/h10-13,19-20,23-26,29-30,42H,5-9,14-18H2,1-4H3,(H2,35,43)(H2,36,45)(H,37,44)(H,38,46)(H,39,48)(H,40,47)/t20?,23-,24-,25-,26+,29-,30-/m0/s1. The Morgan fingerprint density at radius 3 is 2.33 bits per heavy atom. The summed E-state index contributed by atoms with van der Waals surface area (Å²) in [4.78, 5) is 78.5. The van der Waals surface area contributed by atoms with E-state index in [1.807, 2.05) is 30.9 Å². The number of aliphatic hydroxyl groups excluding tert-OH is 1. The first kappa shape index (κ1) is 39.2. The highest BCUT2D eigenvalue weighted by molar-refractivity contribution is 5.93. The summed E-state index contributed by atoms with van der Waals surface area (Å²) in [6, 6.07) is 2.58. The molecule has 1 saturated heterocycles. The zero-order chi connectivity index (χ0) is 36.2. The number of fused-ring (bicyclic) bond motifs is 12. The van der Waals surface area contributed by atoms with Gasteiger partial charge < -0.3 is 42.6 Å². The maximum absolute atomic E-state index is 13.7. The predicted molar refractivity (Wildman–Crippen MR) is 180 cm³/mol. The molecule has 0 aromatic heterocycles. The average molecular weight is 688 g/mol. The summed E-state index contributed by atoms with van der Waals surface area (Å²) >= 11 is 0. The maximum Gasteiger partial charge on any atom is 0.243 e. The van der Waals surface area contributed by atoms with Crippen molar-refractivity contribution in [1.82, 2.24) is 26.2 Å². The van der Waals surface area contributed by atoms with E-state index in [1.54, 1.807) is 26.0 Å². The maximum atomic E-state index is 13.7. The van der Waals surface area contributed by atoms with E-state index in [0.29, 0.717) is 38.0 Å². The van der Waals surface area contributed by atoms with Crippen LogP contribution < -0.4 is 37.5 Å². The number of aliphatic hydroxyl groups is 1. The van der Waals surface area contributed by atoms with Crippen molar-refractivity contribution in [2.75, 3.05) is 19.7 Å². The lowest BCUT2D eigenvalue weighted by Crippen LogP contribution is -2.59. The second-order valence-electron chi connectivity index (χ2n) is 13.4. The lowest BCUT2D eigenvalue weighted by Gasteiger charge is -2.33. The van der Waals surface area contributed by atoms with E-state index in [1.165, 1.54) is 0 Å². The van der Waals surface area contributed by atoms with Gasteiger partial charge in [-0.3, -0.25) is 33.7 Å². The molecule has 15 nitrogen and oxygen atoms in total. The van der Waals surface area contributed by atoms with Crippen LogP contribution in [0.2, 0.25) is 0 Å². The van der Waals surface area contributed by atoms with E-state index in [9.17, 15) is 33.9 Å². The molecule has 1 aromatic rings. The number of carbonyl (C=O) groups excluding carboxylic acids is 6. The van der Waals surface area contributed by atoms with Gasteiger partial charge in [0.15, 0.2) is 0 Å². The van der Waals surface area contributed by atoms with Crippen LogP contribution in [0.4, 0.5) is 0 Å². The molecule has 3 aliphatic rings. The Bertz CT molecular complexity index is 1320. The predicted octanol–water partition coefficient (Wildman–Crippen LogP) is -0.771. The fourth-order valence-corrected chi connectivity index (χ4v) is 6.11. The van der Waals surface area contributed by atoms with E-state index >= 15 is 0 Å². The summed E-state index contributed by atoms with van der Waals surface area (Å²) < 4.78 is 5.72. The van der Waals surface area contributed by atoms with Gasteiger partial charge in [-0.05, 0) is 61.8 Å². The second kappa shape index (κ2) is 18.5. The topological polar surface area (TPSA) is 235 Å². The van der Waals surface area contributed by atoms with Crippen LogP contribution in [0.15, 0.2) is 24.3 Å². The van der Waals surface area contributed by atoms with E-state index in [2.05, 4.69) is 21.3 Å². The Kier molecular flexibility index (Phi) is 14.8. The fourth-order valence-electron chi connectivity index (χ4n) is 6.11. The Morgan fingerprint density at radius 2 is 1.71 bits per heavy atom. The molecule has 0 spiro atoms. The summed E-state index contributed by atoms with van der Waals surface area (Å²) in [6.07, 6.45) is 0.768. The Morgan fingerprint density at radius 1 is 1.02 bits per heavy atom. The smallest absolute Gasteiger partial charge is 0.243 e. The minimum absolute atomic E-state index is 0.00830. The van der Waals surface area contributed by atoms with E-state index < -0.39 is 78.2 Å². The van der Waals surface area contributed by atoms with Crippen molar-refractivity contribution < 1.29 is 38.6 Å². The molecule has 1 aromatic carbocycles. The van der Waals surface area contributed by atoms with Crippen LogP contribution in [0.25, 0.3) is 0 Å². The van der Waals surface area contributed by atoms with E-state index in [0.717, 1.165) is 5.56 Å². The molecule has 15 heteroatoms. The van der Waals surface area contributed by atoms with Gasteiger partial charge in [0.2, 0.25) is 35.4 Å². The number of hydrogen-bond donors (Lipinski definition) is 7. The number of β-amino-alcohol motifs (C(OH)–C–C–N with tert-alkyl or cyclic N) is 1. The molecule has 0 saturated carbocycles. The van der Waals surface area contributed by atoms with Crippen LogP contribution in [0, 0.1) is 11.8 Å². The van der Waals surface area contributed by atoms with Gasteiger partial charge >= 0.3 is 0 Å². The van der Waals surface area contributed by atoms with Crippen molar-refractivity contribution in [3.63, 3.8) is 0 Å². The number of ether oxygens (including phenoxy) is 1. The average Bonchev–Trinajstić information content (AvgIpc) is 3.51. The van der Waals surface area contributed by atoms with Gasteiger partial charge in [0.05, 0.1) is 31.2 Å². The van der Waals surface area contributed by atoms with Crippen LogP contribution >= 0.6 is 0 Å². The molecule has 49 heavy (non-hydrogen) atoms. The highest BCUT2D eigenvalue weighted by Crippen LogP contribution is 2.21. The van der Waals surface area contributed by atoms with Gasteiger partial charge in [-0.25, -0.2) is 0 Å².